The van der Waals surface area contributed by atoms with Gasteiger partial charge in [0.15, 0.2) is 11.9 Å². The molecule has 0 aliphatic rings. The number of hydrogen-bond donors (Lipinski definition) is 1. The maximum absolute atomic E-state index is 13.6. The number of benzene rings is 1. The van der Waals surface area contributed by atoms with Gasteiger partial charge in [-0.25, -0.2) is 14.2 Å². The molecule has 0 aliphatic heterocycles. The molecule has 0 saturated heterocycles. The number of hydrogen-bond acceptors (Lipinski definition) is 4. The molecule has 0 amide bonds. The Balaban J connectivity index is 2.04. The number of pyridine rings is 1. The van der Waals surface area contributed by atoms with Crippen molar-refractivity contribution in [3.8, 4) is 29.7 Å². The van der Waals surface area contributed by atoms with Gasteiger partial charge in [0, 0.05) is 19.0 Å². The second-order valence-corrected chi connectivity index (χ2v) is 5.14. The summed E-state index contributed by atoms with van der Waals surface area (Å²) in [7, 11) is 0. The Morgan fingerprint density at radius 3 is 2.62 bits per heavy atom. The SMILES string of the molecule is C#CCCC(Oc1ccc(Oc2ncc(Cl)cc2F)cc1)C(=O)O. The Morgan fingerprint density at radius 2 is 2.04 bits per heavy atom. The van der Waals surface area contributed by atoms with Crippen molar-refractivity contribution in [1.82, 2.24) is 4.98 Å². The van der Waals surface area contributed by atoms with Crippen LogP contribution in [-0.2, 0) is 4.79 Å². The summed E-state index contributed by atoms with van der Waals surface area (Å²) in [6.07, 6.45) is 5.84. The van der Waals surface area contributed by atoms with E-state index >= 15 is 0 Å². The molecule has 0 aliphatic carbocycles. The Bertz CT molecular complexity index is 758. The molecule has 0 saturated carbocycles. The molecule has 24 heavy (non-hydrogen) atoms. The molecular weight excluding hydrogens is 337 g/mol. The summed E-state index contributed by atoms with van der Waals surface area (Å²) in [5, 5.41) is 9.25. The van der Waals surface area contributed by atoms with Crippen molar-refractivity contribution in [2.24, 2.45) is 0 Å². The molecule has 5 nitrogen and oxygen atoms in total. The monoisotopic (exact) mass is 349 g/mol. The summed E-state index contributed by atoms with van der Waals surface area (Å²) in [6, 6.07) is 7.12. The number of ether oxygens (including phenoxy) is 2. The number of carboxylic acid groups (broad SMARTS) is 1. The van der Waals surface area contributed by atoms with Gasteiger partial charge in [0.2, 0.25) is 0 Å². The lowest BCUT2D eigenvalue weighted by molar-refractivity contribution is -0.145. The van der Waals surface area contributed by atoms with Crippen LogP contribution in [0.25, 0.3) is 0 Å². The van der Waals surface area contributed by atoms with Crippen molar-refractivity contribution >= 4 is 17.6 Å². The van der Waals surface area contributed by atoms with Gasteiger partial charge in [0.1, 0.15) is 11.5 Å². The van der Waals surface area contributed by atoms with Gasteiger partial charge < -0.3 is 14.6 Å². The summed E-state index contributed by atoms with van der Waals surface area (Å²) >= 11 is 5.62. The van der Waals surface area contributed by atoms with Crippen LogP contribution in [0.15, 0.2) is 36.5 Å². The largest absolute Gasteiger partial charge is 0.479 e. The minimum Gasteiger partial charge on any atom is -0.479 e. The molecule has 0 bridgehead atoms. The quantitative estimate of drug-likeness (QED) is 0.767. The summed E-state index contributed by atoms with van der Waals surface area (Å²) in [5.74, 6) is 1.00. The van der Waals surface area contributed by atoms with Crippen molar-refractivity contribution in [2.45, 2.75) is 18.9 Å². The Morgan fingerprint density at radius 1 is 1.38 bits per heavy atom. The van der Waals surface area contributed by atoms with Crippen LogP contribution < -0.4 is 9.47 Å². The first kappa shape index (κ1) is 17.6. The maximum atomic E-state index is 13.6. The number of aromatic nitrogens is 1. The molecule has 1 aromatic heterocycles. The molecule has 1 aromatic carbocycles. The first-order valence-corrected chi connectivity index (χ1v) is 7.29. The molecule has 1 heterocycles. The van der Waals surface area contributed by atoms with Gasteiger partial charge in [-0.2, -0.15) is 0 Å². The average molecular weight is 350 g/mol. The zero-order valence-corrected chi connectivity index (χ0v) is 13.2. The predicted molar refractivity (Wildman–Crippen MR) is 85.8 cm³/mol. The van der Waals surface area contributed by atoms with Crippen molar-refractivity contribution < 1.29 is 23.8 Å². The Kier molecular flexibility index (Phi) is 5.99. The van der Waals surface area contributed by atoms with Crippen LogP contribution in [-0.4, -0.2) is 22.2 Å². The van der Waals surface area contributed by atoms with E-state index < -0.39 is 17.9 Å². The minimum atomic E-state index is -1.10. The number of terminal acetylenes is 1. The van der Waals surface area contributed by atoms with Crippen LogP contribution in [0.1, 0.15) is 12.8 Å². The van der Waals surface area contributed by atoms with Crippen LogP contribution in [0.4, 0.5) is 4.39 Å². The lowest BCUT2D eigenvalue weighted by Gasteiger charge is -2.14. The fourth-order valence-electron chi connectivity index (χ4n) is 1.79. The molecular formula is C17H13ClFNO4. The molecule has 1 N–H and O–H groups in total. The molecule has 1 atom stereocenters. The summed E-state index contributed by atoms with van der Waals surface area (Å²) in [5.41, 5.74) is 0. The van der Waals surface area contributed by atoms with Gasteiger partial charge in [-0.05, 0) is 30.3 Å². The third-order valence-electron chi connectivity index (χ3n) is 2.92. The normalized spacial score (nSPS) is 11.4. The average Bonchev–Trinajstić information content (AvgIpc) is 2.55. The molecule has 2 aromatic rings. The van der Waals surface area contributed by atoms with E-state index in [1.807, 2.05) is 0 Å². The third-order valence-corrected chi connectivity index (χ3v) is 3.12. The number of nitrogens with zero attached hydrogens (tertiary/aromatic N) is 1. The van der Waals surface area contributed by atoms with Crippen molar-refractivity contribution in [3.63, 3.8) is 0 Å². The molecule has 2 rings (SSSR count). The molecule has 0 radical (unpaired) electrons. The van der Waals surface area contributed by atoms with Crippen LogP contribution in [0.5, 0.6) is 17.4 Å². The lowest BCUT2D eigenvalue weighted by atomic mass is 10.2. The molecule has 0 fully saturated rings. The molecule has 0 spiro atoms. The van der Waals surface area contributed by atoms with E-state index in [1.54, 1.807) is 0 Å². The fraction of sp³-hybridized carbons (Fsp3) is 0.176. The first-order valence-electron chi connectivity index (χ1n) is 6.91. The zero-order chi connectivity index (χ0) is 17.5. The highest BCUT2D eigenvalue weighted by Gasteiger charge is 2.18. The lowest BCUT2D eigenvalue weighted by Crippen LogP contribution is -2.26. The van der Waals surface area contributed by atoms with Gasteiger partial charge in [-0.15, -0.1) is 12.3 Å². The van der Waals surface area contributed by atoms with Crippen LogP contribution in [0, 0.1) is 18.2 Å². The summed E-state index contributed by atoms with van der Waals surface area (Å²) in [6.45, 7) is 0. The number of aliphatic carboxylic acids is 1. The molecule has 7 heteroatoms. The van der Waals surface area contributed by atoms with E-state index in [9.17, 15) is 9.18 Å². The molecule has 1 unspecified atom stereocenters. The van der Waals surface area contributed by atoms with E-state index in [0.29, 0.717) is 17.9 Å². The highest BCUT2D eigenvalue weighted by atomic mass is 35.5. The number of halogens is 2. The van der Waals surface area contributed by atoms with Gasteiger partial charge in [0.05, 0.1) is 5.02 Å². The van der Waals surface area contributed by atoms with Gasteiger partial charge in [-0.1, -0.05) is 11.6 Å². The van der Waals surface area contributed by atoms with E-state index in [1.165, 1.54) is 30.5 Å². The smallest absolute Gasteiger partial charge is 0.344 e. The van der Waals surface area contributed by atoms with Gasteiger partial charge in [-0.3, -0.25) is 0 Å². The summed E-state index contributed by atoms with van der Waals surface area (Å²) in [4.78, 5) is 14.8. The second kappa shape index (κ2) is 8.18. The topological polar surface area (TPSA) is 68.7 Å². The first-order chi connectivity index (χ1) is 11.5. The van der Waals surface area contributed by atoms with Gasteiger partial charge >= 0.3 is 5.97 Å². The van der Waals surface area contributed by atoms with Crippen molar-refractivity contribution in [1.29, 1.82) is 0 Å². The number of carboxylic acids is 1. The van der Waals surface area contributed by atoms with Gasteiger partial charge in [0.25, 0.3) is 5.88 Å². The standard InChI is InChI=1S/C17H13ClFNO4/c1-2-3-4-15(17(21)22)23-12-5-7-13(8-6-12)24-16-14(19)9-11(18)10-20-16/h1,5-10,15H,3-4H2,(H,21,22). The minimum absolute atomic E-state index is 0.162. The number of carbonyl (C=O) groups is 1. The van der Waals surface area contributed by atoms with Crippen LogP contribution >= 0.6 is 11.6 Å². The zero-order valence-electron chi connectivity index (χ0n) is 12.4. The molecule has 124 valence electrons. The van der Waals surface area contributed by atoms with E-state index in [0.717, 1.165) is 6.07 Å². The van der Waals surface area contributed by atoms with Crippen molar-refractivity contribution in [3.05, 3.63) is 47.4 Å². The van der Waals surface area contributed by atoms with E-state index in [4.69, 9.17) is 32.6 Å². The Hall–Kier alpha value is -2.78. The fourth-order valence-corrected chi connectivity index (χ4v) is 1.93. The van der Waals surface area contributed by atoms with Crippen molar-refractivity contribution in [2.75, 3.05) is 0 Å². The third kappa shape index (κ3) is 4.86. The van der Waals surface area contributed by atoms with Crippen LogP contribution in [0.2, 0.25) is 5.02 Å². The highest BCUT2D eigenvalue weighted by Crippen LogP contribution is 2.26. The second-order valence-electron chi connectivity index (χ2n) is 4.70. The number of rotatable bonds is 7. The summed E-state index contributed by atoms with van der Waals surface area (Å²) < 4.78 is 24.3. The maximum Gasteiger partial charge on any atom is 0.344 e. The van der Waals surface area contributed by atoms with E-state index in [-0.39, 0.29) is 17.3 Å². The van der Waals surface area contributed by atoms with Crippen LogP contribution in [0.3, 0.4) is 0 Å². The Labute approximate surface area is 143 Å². The van der Waals surface area contributed by atoms with E-state index in [2.05, 4.69) is 10.9 Å². The predicted octanol–water partition coefficient (Wildman–Crippen LogP) is 3.91. The highest BCUT2D eigenvalue weighted by molar-refractivity contribution is 6.30.